The Morgan fingerprint density at radius 3 is 2.53 bits per heavy atom. The van der Waals surface area contributed by atoms with E-state index < -0.39 is 22.2 Å². The maximum atomic E-state index is 12.0. The number of carbonyl (C=O) groups is 2. The van der Waals surface area contributed by atoms with Crippen molar-refractivity contribution in [1.82, 2.24) is 0 Å². The minimum absolute atomic E-state index is 0. The van der Waals surface area contributed by atoms with Crippen molar-refractivity contribution in [3.63, 3.8) is 0 Å². The molecule has 30 heavy (non-hydrogen) atoms. The van der Waals surface area contributed by atoms with Gasteiger partial charge in [-0.3, -0.25) is 13.8 Å². The van der Waals surface area contributed by atoms with Gasteiger partial charge in [-0.05, 0) is 25.3 Å². The number of carboxylic acids is 1. The maximum absolute atomic E-state index is 12.0. The number of rotatable bonds is 14. The van der Waals surface area contributed by atoms with Crippen LogP contribution in [-0.4, -0.2) is 51.6 Å². The average Bonchev–Trinajstić information content (AvgIpc) is 2.71. The Kier molecular flexibility index (Phi) is 16.2. The third-order valence-corrected chi connectivity index (χ3v) is 6.57. The molecule has 164 valence electrons. The molecule has 0 aliphatic rings. The van der Waals surface area contributed by atoms with E-state index in [1.54, 1.807) is 13.8 Å². The van der Waals surface area contributed by atoms with E-state index in [-0.39, 0.29) is 87.4 Å². The number of aliphatic hydroxyl groups excluding tert-OH is 1. The first-order valence-electron chi connectivity index (χ1n) is 9.94. The summed E-state index contributed by atoms with van der Waals surface area (Å²) in [5.74, 6) is -0.660. The standard InChI is InChI=1S/C22H33O6S.Cs/c1-17(20(24)28-3)10-11-18-8-7-9-19(16-18)22(2,21(25)26)12-5-4-6-14-29(27)15-13-23;/h7-10,16-17,23H,4-6,11-15H2,1-3H3,(H,25,26);/q-1;+1/t17-,22?,29?;/m0./s1. The Labute approximate surface area is 241 Å². The van der Waals surface area contributed by atoms with Crippen LogP contribution in [0.25, 0.3) is 0 Å². The Morgan fingerprint density at radius 2 is 1.93 bits per heavy atom. The molecule has 3 atom stereocenters. The number of aliphatic carboxylic acids is 1. The minimum atomic E-state index is -1.01. The zero-order valence-corrected chi connectivity index (χ0v) is 25.7. The molecule has 0 saturated carbocycles. The number of esters is 1. The summed E-state index contributed by atoms with van der Waals surface area (Å²) in [5, 5.41) is 18.6. The summed E-state index contributed by atoms with van der Waals surface area (Å²) in [6.45, 7) is 3.43. The predicted octanol–water partition coefficient (Wildman–Crippen LogP) is -0.110. The van der Waals surface area contributed by atoms with E-state index in [9.17, 15) is 18.9 Å². The topological polar surface area (TPSA) is 101 Å². The molecule has 1 aromatic carbocycles. The van der Waals surface area contributed by atoms with E-state index in [1.165, 1.54) is 7.11 Å². The molecule has 0 aliphatic carbocycles. The first kappa shape index (κ1) is 30.3. The van der Waals surface area contributed by atoms with Crippen LogP contribution in [0.1, 0.15) is 50.7 Å². The summed E-state index contributed by atoms with van der Waals surface area (Å²) in [6, 6.07) is 7.49. The van der Waals surface area contributed by atoms with Gasteiger partial charge in [0.05, 0.1) is 19.1 Å². The van der Waals surface area contributed by atoms with Crippen molar-refractivity contribution in [2.45, 2.75) is 51.4 Å². The molecule has 0 aliphatic heterocycles. The van der Waals surface area contributed by atoms with E-state index in [1.807, 2.05) is 30.7 Å². The number of carboxylic acid groups (broad SMARTS) is 1. The van der Waals surface area contributed by atoms with Gasteiger partial charge in [-0.2, -0.15) is 6.42 Å². The Morgan fingerprint density at radius 1 is 1.23 bits per heavy atom. The van der Waals surface area contributed by atoms with E-state index >= 15 is 0 Å². The molecule has 0 aromatic heterocycles. The fraction of sp³-hybridized carbons (Fsp3) is 0.591. The smallest absolute Gasteiger partial charge is 0.481 e. The summed E-state index contributed by atoms with van der Waals surface area (Å²) in [6.07, 6.45) is 5.16. The van der Waals surface area contributed by atoms with Crippen LogP contribution in [0.5, 0.6) is 0 Å². The van der Waals surface area contributed by atoms with Crippen molar-refractivity contribution in [2.75, 3.05) is 25.2 Å². The molecule has 0 radical (unpaired) electrons. The van der Waals surface area contributed by atoms with Crippen LogP contribution in [-0.2, 0) is 37.0 Å². The van der Waals surface area contributed by atoms with Crippen molar-refractivity contribution in [3.05, 3.63) is 41.8 Å². The van der Waals surface area contributed by atoms with Gasteiger partial charge in [-0.1, -0.05) is 55.5 Å². The van der Waals surface area contributed by atoms with Gasteiger partial charge in [-0.25, -0.2) is 0 Å². The zero-order valence-electron chi connectivity index (χ0n) is 18.6. The summed E-state index contributed by atoms with van der Waals surface area (Å²) < 4.78 is 16.3. The molecule has 0 spiro atoms. The molecule has 1 rings (SSSR count). The third-order valence-electron chi connectivity index (χ3n) is 5.18. The first-order valence-corrected chi connectivity index (χ1v) is 11.4. The van der Waals surface area contributed by atoms with Crippen molar-refractivity contribution in [2.24, 2.45) is 5.92 Å². The number of methoxy groups -OCH3 is 1. The fourth-order valence-corrected chi connectivity index (χ4v) is 4.07. The van der Waals surface area contributed by atoms with Crippen LogP contribution in [0.4, 0.5) is 0 Å². The van der Waals surface area contributed by atoms with Gasteiger partial charge in [0.2, 0.25) is 0 Å². The second kappa shape index (κ2) is 16.0. The van der Waals surface area contributed by atoms with E-state index in [0.717, 1.165) is 30.4 Å². The van der Waals surface area contributed by atoms with Crippen LogP contribution >= 0.6 is 0 Å². The zero-order chi connectivity index (χ0) is 21.9. The quantitative estimate of drug-likeness (QED) is 0.188. The Balaban J connectivity index is 0.00000841. The monoisotopic (exact) mass is 558 g/mol. The molecule has 0 heterocycles. The first-order chi connectivity index (χ1) is 13.7. The molecule has 2 N–H and O–H groups in total. The van der Waals surface area contributed by atoms with E-state index in [2.05, 4.69) is 0 Å². The van der Waals surface area contributed by atoms with Gasteiger partial charge >= 0.3 is 74.9 Å². The molecule has 8 heteroatoms. The number of hydrogen-bond donors (Lipinski definition) is 2. The predicted molar refractivity (Wildman–Crippen MR) is 114 cm³/mol. The fourth-order valence-electron chi connectivity index (χ4n) is 3.13. The Hall–Kier alpha value is 0.322. The number of aliphatic hydroxyl groups is 1. The third kappa shape index (κ3) is 10.3. The van der Waals surface area contributed by atoms with Gasteiger partial charge in [-0.15, -0.1) is 0 Å². The number of ether oxygens (including phenoxy) is 1. The van der Waals surface area contributed by atoms with Crippen molar-refractivity contribution in [3.8, 4) is 0 Å². The summed E-state index contributed by atoms with van der Waals surface area (Å²) in [5.41, 5.74) is 0.685. The summed E-state index contributed by atoms with van der Waals surface area (Å²) in [7, 11) is 0.351. The Bertz CT molecular complexity index is 696. The normalized spacial score (nSPS) is 14.8. The van der Waals surface area contributed by atoms with Crippen molar-refractivity contribution < 1.29 is 97.6 Å². The second-order valence-electron chi connectivity index (χ2n) is 7.47. The number of benzene rings is 1. The number of hydrogen-bond acceptors (Lipinski definition) is 5. The molecule has 0 fully saturated rings. The molecule has 1 aromatic rings. The molecule has 6 nitrogen and oxygen atoms in total. The molecular weight excluding hydrogens is 525 g/mol. The summed E-state index contributed by atoms with van der Waals surface area (Å²) >= 11 is 0. The van der Waals surface area contributed by atoms with E-state index in [0.29, 0.717) is 24.3 Å². The molecule has 0 saturated heterocycles. The molecule has 2 unspecified atom stereocenters. The molecular formula is C22H33CsO6S. The average molecular weight is 558 g/mol. The van der Waals surface area contributed by atoms with Crippen LogP contribution in [0.15, 0.2) is 24.3 Å². The van der Waals surface area contributed by atoms with Crippen LogP contribution in [0.3, 0.4) is 0 Å². The van der Waals surface area contributed by atoms with Gasteiger partial charge in [0, 0.05) is 22.3 Å². The maximum Gasteiger partial charge on any atom is 1.00 e. The molecule has 0 bridgehead atoms. The van der Waals surface area contributed by atoms with E-state index in [4.69, 9.17) is 9.84 Å². The largest absolute Gasteiger partial charge is 1.00 e. The minimum Gasteiger partial charge on any atom is -0.481 e. The van der Waals surface area contributed by atoms with Crippen LogP contribution in [0.2, 0.25) is 0 Å². The number of carbonyl (C=O) groups excluding carboxylic acids is 1. The van der Waals surface area contributed by atoms with Crippen molar-refractivity contribution in [1.29, 1.82) is 0 Å². The van der Waals surface area contributed by atoms with Crippen LogP contribution in [0, 0.1) is 12.3 Å². The molecule has 0 amide bonds. The second-order valence-corrected chi connectivity index (χ2v) is 9.17. The van der Waals surface area contributed by atoms with Gasteiger partial charge in [0.15, 0.2) is 0 Å². The summed E-state index contributed by atoms with van der Waals surface area (Å²) in [4.78, 5) is 23.6. The van der Waals surface area contributed by atoms with Gasteiger partial charge in [0.25, 0.3) is 5.97 Å². The van der Waals surface area contributed by atoms with Crippen molar-refractivity contribution >= 4 is 22.7 Å². The van der Waals surface area contributed by atoms with Gasteiger partial charge in [0.1, 0.15) is 0 Å². The van der Waals surface area contributed by atoms with Gasteiger partial charge < -0.3 is 21.4 Å². The number of unbranched alkanes of at least 4 members (excludes halogenated alkanes) is 2. The van der Waals surface area contributed by atoms with Crippen LogP contribution < -0.4 is 68.9 Å². The SMILES string of the molecule is COC(=O)[C@@H](C)[CH-]Cc1cccc(C(C)(CCCCCS(=O)CCO)C(=O)O)c1.[Cs+].